The van der Waals surface area contributed by atoms with Crippen LogP contribution in [0.2, 0.25) is 0 Å². The molecule has 0 aliphatic rings. The van der Waals surface area contributed by atoms with Gasteiger partial charge in [-0.1, -0.05) is 97.1 Å². The third kappa shape index (κ3) is 7.38. The third-order valence-electron chi connectivity index (χ3n) is 6.91. The summed E-state index contributed by atoms with van der Waals surface area (Å²) in [6.45, 7) is 2.68. The minimum Gasteiger partial charge on any atom is -0.356 e. The van der Waals surface area contributed by atoms with Gasteiger partial charge in [0.05, 0.1) is 30.2 Å². The molecular formula is C33H38NOP2+. The number of carbonyl (C=O) groups excluding carboxylic acids is 1. The van der Waals surface area contributed by atoms with Gasteiger partial charge in [-0.3, -0.25) is 4.79 Å². The van der Waals surface area contributed by atoms with Crippen molar-refractivity contribution in [1.29, 1.82) is 0 Å². The number of nitrogens with one attached hydrogen (secondary N) is 1. The van der Waals surface area contributed by atoms with E-state index in [-0.39, 0.29) is 5.91 Å². The quantitative estimate of drug-likeness (QED) is 0.166. The van der Waals surface area contributed by atoms with E-state index in [0.29, 0.717) is 13.0 Å². The Kier molecular flexibility index (Phi) is 10.5. The van der Waals surface area contributed by atoms with Crippen LogP contribution in [0.3, 0.4) is 0 Å². The second-order valence-corrected chi connectivity index (χ2v) is 15.5. The van der Waals surface area contributed by atoms with Crippen LogP contribution in [-0.4, -0.2) is 30.9 Å². The lowest BCUT2D eigenvalue weighted by molar-refractivity contribution is -0.121. The molecule has 1 amide bonds. The van der Waals surface area contributed by atoms with Crippen molar-refractivity contribution in [1.82, 2.24) is 5.32 Å². The predicted molar refractivity (Wildman–Crippen MR) is 165 cm³/mol. The SMILES string of the molecule is CCNC(=O)CCCC[P+](CCP(c1ccccc1)c1ccccc1)(c1ccccc1)c1ccccc1. The number of carbonyl (C=O) groups is 1. The number of hydrogen-bond donors (Lipinski definition) is 1. The van der Waals surface area contributed by atoms with Gasteiger partial charge in [0.15, 0.2) is 0 Å². The summed E-state index contributed by atoms with van der Waals surface area (Å²) < 4.78 is 0. The lowest BCUT2D eigenvalue weighted by Gasteiger charge is -2.30. The molecular weight excluding hydrogens is 488 g/mol. The molecule has 4 heteroatoms. The molecule has 0 unspecified atom stereocenters. The average Bonchev–Trinajstić information content (AvgIpc) is 2.96. The van der Waals surface area contributed by atoms with E-state index in [1.165, 1.54) is 21.2 Å². The molecule has 0 heterocycles. The first-order valence-corrected chi connectivity index (χ1v) is 17.0. The Hall–Kier alpha value is -2.79. The molecule has 0 aliphatic heterocycles. The summed E-state index contributed by atoms with van der Waals surface area (Å²) >= 11 is 0. The molecule has 0 aliphatic carbocycles. The van der Waals surface area contributed by atoms with Crippen molar-refractivity contribution in [2.45, 2.75) is 26.2 Å². The molecule has 0 radical (unpaired) electrons. The molecule has 0 bridgehead atoms. The number of rotatable bonds is 13. The Morgan fingerprint density at radius 1 is 0.649 bits per heavy atom. The molecule has 4 rings (SSSR count). The molecule has 4 aromatic rings. The van der Waals surface area contributed by atoms with E-state index >= 15 is 0 Å². The summed E-state index contributed by atoms with van der Waals surface area (Å²) in [5, 5.41) is 8.81. The third-order valence-corrected chi connectivity index (χ3v) is 14.4. The molecule has 190 valence electrons. The van der Waals surface area contributed by atoms with Crippen molar-refractivity contribution in [2.24, 2.45) is 0 Å². The Balaban J connectivity index is 1.68. The molecule has 37 heavy (non-hydrogen) atoms. The van der Waals surface area contributed by atoms with Crippen molar-refractivity contribution in [2.75, 3.05) is 25.0 Å². The average molecular weight is 527 g/mol. The van der Waals surface area contributed by atoms with E-state index in [0.717, 1.165) is 31.3 Å². The maximum atomic E-state index is 12.1. The summed E-state index contributed by atoms with van der Waals surface area (Å²) in [4.78, 5) is 12.1. The van der Waals surface area contributed by atoms with Gasteiger partial charge >= 0.3 is 0 Å². The van der Waals surface area contributed by atoms with Crippen LogP contribution in [0.5, 0.6) is 0 Å². The van der Waals surface area contributed by atoms with Crippen LogP contribution in [0.4, 0.5) is 0 Å². The zero-order chi connectivity index (χ0) is 25.8. The van der Waals surface area contributed by atoms with Crippen LogP contribution in [0.25, 0.3) is 0 Å². The molecule has 0 aromatic heterocycles. The van der Waals surface area contributed by atoms with Gasteiger partial charge in [-0.25, -0.2) is 0 Å². The van der Waals surface area contributed by atoms with Crippen LogP contribution >= 0.6 is 15.2 Å². The zero-order valence-corrected chi connectivity index (χ0v) is 23.6. The number of benzene rings is 4. The highest BCUT2D eigenvalue weighted by molar-refractivity contribution is 7.90. The molecule has 0 saturated heterocycles. The van der Waals surface area contributed by atoms with Crippen molar-refractivity contribution >= 4 is 42.3 Å². The standard InChI is InChI=1S/C33H37NOP2/c1-2-34-33(35)25-15-16-27-37(31-21-11-5-12-22-31,32-23-13-6-14-24-32)28-26-36(29-17-7-3-8-18-29)30-19-9-4-10-20-30/h3-14,17-24H,2,15-16,25-28H2,1H3/p+1. The van der Waals surface area contributed by atoms with E-state index in [1.807, 2.05) is 6.92 Å². The minimum atomic E-state index is -1.69. The minimum absolute atomic E-state index is 0.169. The zero-order valence-electron chi connectivity index (χ0n) is 21.8. The fourth-order valence-electron chi connectivity index (χ4n) is 5.05. The Bertz CT molecular complexity index is 1120. The highest BCUT2D eigenvalue weighted by Gasteiger charge is 2.42. The van der Waals surface area contributed by atoms with Gasteiger partial charge in [0, 0.05) is 19.1 Å². The maximum absolute atomic E-state index is 12.1. The highest BCUT2D eigenvalue weighted by Crippen LogP contribution is 2.58. The second kappa shape index (κ2) is 14.2. The predicted octanol–water partition coefficient (Wildman–Crippen LogP) is 6.09. The fraction of sp³-hybridized carbons (Fsp3) is 0.242. The van der Waals surface area contributed by atoms with Gasteiger partial charge in [0.25, 0.3) is 0 Å². The molecule has 0 saturated carbocycles. The Labute approximate surface area is 224 Å². The first kappa shape index (κ1) is 27.3. The van der Waals surface area contributed by atoms with Crippen LogP contribution in [0.15, 0.2) is 121 Å². The summed E-state index contributed by atoms with van der Waals surface area (Å²) in [5.41, 5.74) is 0. The second-order valence-electron chi connectivity index (χ2n) is 9.32. The van der Waals surface area contributed by atoms with Gasteiger partial charge in [0.1, 0.15) is 0 Å². The maximum Gasteiger partial charge on any atom is 0.219 e. The summed E-state index contributed by atoms with van der Waals surface area (Å²) in [6, 6.07) is 44.5. The van der Waals surface area contributed by atoms with Crippen molar-refractivity contribution in [3.8, 4) is 0 Å². The van der Waals surface area contributed by atoms with Crippen LogP contribution in [0.1, 0.15) is 26.2 Å². The summed E-state index contributed by atoms with van der Waals surface area (Å²) in [5.74, 6) is 0.169. The van der Waals surface area contributed by atoms with Gasteiger partial charge < -0.3 is 5.32 Å². The van der Waals surface area contributed by atoms with Gasteiger partial charge in [-0.15, -0.1) is 0 Å². The Morgan fingerprint density at radius 3 is 1.57 bits per heavy atom. The summed E-state index contributed by atoms with van der Waals surface area (Å²) in [7, 11) is -2.15. The number of unbranched alkanes of at least 4 members (excludes halogenated alkanes) is 1. The molecule has 0 fully saturated rings. The van der Waals surface area contributed by atoms with E-state index in [2.05, 4.69) is 127 Å². The first-order chi connectivity index (χ1) is 18.2. The molecule has 1 N–H and O–H groups in total. The molecule has 0 atom stereocenters. The normalized spacial score (nSPS) is 11.4. The fourth-order valence-corrected chi connectivity index (χ4v) is 12.9. The lowest BCUT2D eigenvalue weighted by atomic mass is 10.2. The molecule has 0 spiro atoms. The topological polar surface area (TPSA) is 29.1 Å². The van der Waals surface area contributed by atoms with Gasteiger partial charge in [0.2, 0.25) is 5.91 Å². The monoisotopic (exact) mass is 526 g/mol. The van der Waals surface area contributed by atoms with E-state index in [9.17, 15) is 4.79 Å². The smallest absolute Gasteiger partial charge is 0.219 e. The van der Waals surface area contributed by atoms with Crippen molar-refractivity contribution in [3.63, 3.8) is 0 Å². The van der Waals surface area contributed by atoms with Crippen molar-refractivity contribution < 1.29 is 4.79 Å². The van der Waals surface area contributed by atoms with E-state index in [4.69, 9.17) is 0 Å². The van der Waals surface area contributed by atoms with Crippen LogP contribution in [0, 0.1) is 0 Å². The van der Waals surface area contributed by atoms with Crippen LogP contribution < -0.4 is 26.5 Å². The summed E-state index contributed by atoms with van der Waals surface area (Å²) in [6.07, 6.45) is 6.04. The van der Waals surface area contributed by atoms with E-state index in [1.54, 1.807) is 0 Å². The largest absolute Gasteiger partial charge is 0.356 e. The number of hydrogen-bond acceptors (Lipinski definition) is 1. The van der Waals surface area contributed by atoms with Gasteiger partial charge in [-0.2, -0.15) is 0 Å². The van der Waals surface area contributed by atoms with E-state index < -0.39 is 15.2 Å². The van der Waals surface area contributed by atoms with Crippen LogP contribution in [-0.2, 0) is 4.79 Å². The molecule has 2 nitrogen and oxygen atoms in total. The molecule has 4 aromatic carbocycles. The van der Waals surface area contributed by atoms with Gasteiger partial charge in [-0.05, 0) is 62.6 Å². The van der Waals surface area contributed by atoms with Crippen molar-refractivity contribution in [3.05, 3.63) is 121 Å². The Morgan fingerprint density at radius 2 is 1.11 bits per heavy atom. The number of amides is 1. The lowest BCUT2D eigenvalue weighted by Crippen LogP contribution is -2.30. The first-order valence-electron chi connectivity index (χ1n) is 13.4. The highest BCUT2D eigenvalue weighted by atomic mass is 31.2.